The SMILES string of the molecule is COc1ccc2cc(-c3cccc(N)c3)ccc2c1. The fourth-order valence-corrected chi connectivity index (χ4v) is 2.25. The first-order valence-corrected chi connectivity index (χ1v) is 6.20. The minimum absolute atomic E-state index is 0.785. The molecule has 0 saturated heterocycles. The maximum atomic E-state index is 5.83. The maximum Gasteiger partial charge on any atom is 0.119 e. The zero-order valence-corrected chi connectivity index (χ0v) is 10.8. The van der Waals surface area contributed by atoms with E-state index in [2.05, 4.69) is 30.3 Å². The Hall–Kier alpha value is -2.48. The molecule has 0 unspecified atom stereocenters. The van der Waals surface area contributed by atoms with Crippen LogP contribution in [0.2, 0.25) is 0 Å². The number of ether oxygens (including phenoxy) is 1. The molecule has 19 heavy (non-hydrogen) atoms. The van der Waals surface area contributed by atoms with Crippen LogP contribution in [0, 0.1) is 0 Å². The van der Waals surface area contributed by atoms with Gasteiger partial charge in [-0.2, -0.15) is 0 Å². The van der Waals surface area contributed by atoms with Gasteiger partial charge in [0.1, 0.15) is 5.75 Å². The van der Waals surface area contributed by atoms with Crippen molar-refractivity contribution in [2.45, 2.75) is 0 Å². The van der Waals surface area contributed by atoms with Gasteiger partial charge in [-0.1, -0.05) is 30.3 Å². The molecule has 3 aromatic rings. The van der Waals surface area contributed by atoms with Gasteiger partial charge < -0.3 is 10.5 Å². The summed E-state index contributed by atoms with van der Waals surface area (Å²) in [7, 11) is 1.68. The monoisotopic (exact) mass is 249 g/mol. The molecule has 0 radical (unpaired) electrons. The summed E-state index contributed by atoms with van der Waals surface area (Å²) in [5.41, 5.74) is 8.92. The van der Waals surface area contributed by atoms with Crippen LogP contribution >= 0.6 is 0 Å². The summed E-state index contributed by atoms with van der Waals surface area (Å²) < 4.78 is 5.24. The van der Waals surface area contributed by atoms with Crippen molar-refractivity contribution in [3.05, 3.63) is 60.7 Å². The molecule has 0 atom stereocenters. The lowest BCUT2D eigenvalue weighted by molar-refractivity contribution is 0.415. The second-order valence-electron chi connectivity index (χ2n) is 4.55. The van der Waals surface area contributed by atoms with Gasteiger partial charge in [0.2, 0.25) is 0 Å². The van der Waals surface area contributed by atoms with Gasteiger partial charge in [0.25, 0.3) is 0 Å². The van der Waals surface area contributed by atoms with Gasteiger partial charge in [-0.15, -0.1) is 0 Å². The first kappa shape index (κ1) is 11.6. The normalized spacial score (nSPS) is 10.6. The van der Waals surface area contributed by atoms with E-state index in [0.717, 1.165) is 17.0 Å². The Bertz CT molecular complexity index is 734. The van der Waals surface area contributed by atoms with E-state index in [1.165, 1.54) is 16.3 Å². The number of nitrogen functional groups attached to an aromatic ring is 1. The Morgan fingerprint density at radius 3 is 2.32 bits per heavy atom. The van der Waals surface area contributed by atoms with Gasteiger partial charge in [0.05, 0.1) is 7.11 Å². The Balaban J connectivity index is 2.11. The summed E-state index contributed by atoms with van der Waals surface area (Å²) in [6.45, 7) is 0. The summed E-state index contributed by atoms with van der Waals surface area (Å²) in [6, 6.07) is 20.4. The molecule has 0 aliphatic heterocycles. The van der Waals surface area contributed by atoms with Crippen LogP contribution in [0.1, 0.15) is 0 Å². The minimum atomic E-state index is 0.785. The summed E-state index contributed by atoms with van der Waals surface area (Å²) in [6.07, 6.45) is 0. The van der Waals surface area contributed by atoms with Crippen molar-refractivity contribution in [1.29, 1.82) is 0 Å². The Morgan fingerprint density at radius 1 is 0.789 bits per heavy atom. The smallest absolute Gasteiger partial charge is 0.119 e. The number of methoxy groups -OCH3 is 1. The lowest BCUT2D eigenvalue weighted by Gasteiger charge is -2.06. The zero-order valence-electron chi connectivity index (χ0n) is 10.8. The molecular weight excluding hydrogens is 234 g/mol. The summed E-state index contributed by atoms with van der Waals surface area (Å²) in [5.74, 6) is 0.879. The van der Waals surface area contributed by atoms with E-state index in [-0.39, 0.29) is 0 Å². The maximum absolute atomic E-state index is 5.83. The van der Waals surface area contributed by atoms with E-state index in [9.17, 15) is 0 Å². The zero-order chi connectivity index (χ0) is 13.2. The third-order valence-corrected chi connectivity index (χ3v) is 3.27. The molecule has 0 aliphatic carbocycles. The van der Waals surface area contributed by atoms with Crippen molar-refractivity contribution in [2.75, 3.05) is 12.8 Å². The van der Waals surface area contributed by atoms with Crippen LogP contribution in [0.3, 0.4) is 0 Å². The molecule has 0 amide bonds. The van der Waals surface area contributed by atoms with E-state index in [1.807, 2.05) is 30.3 Å². The highest BCUT2D eigenvalue weighted by molar-refractivity contribution is 5.88. The standard InChI is InChI=1S/C17H15NO/c1-19-17-8-7-14-9-13(5-6-15(14)11-17)12-3-2-4-16(18)10-12/h2-11H,18H2,1H3. The van der Waals surface area contributed by atoms with Crippen molar-refractivity contribution in [3.63, 3.8) is 0 Å². The van der Waals surface area contributed by atoms with Crippen LogP contribution in [-0.2, 0) is 0 Å². The molecule has 0 bridgehead atoms. The first-order chi connectivity index (χ1) is 9.26. The van der Waals surface area contributed by atoms with Crippen molar-refractivity contribution < 1.29 is 4.74 Å². The van der Waals surface area contributed by atoms with Crippen LogP contribution < -0.4 is 10.5 Å². The van der Waals surface area contributed by atoms with E-state index in [4.69, 9.17) is 10.5 Å². The van der Waals surface area contributed by atoms with Crippen LogP contribution in [-0.4, -0.2) is 7.11 Å². The first-order valence-electron chi connectivity index (χ1n) is 6.20. The van der Waals surface area contributed by atoms with Gasteiger partial charge in [-0.3, -0.25) is 0 Å². The Labute approximate surface area is 112 Å². The molecule has 2 heteroatoms. The van der Waals surface area contributed by atoms with Crippen LogP contribution in [0.4, 0.5) is 5.69 Å². The molecule has 2 nitrogen and oxygen atoms in total. The quantitative estimate of drug-likeness (QED) is 0.694. The van der Waals surface area contributed by atoms with Crippen molar-refractivity contribution in [3.8, 4) is 16.9 Å². The van der Waals surface area contributed by atoms with Crippen molar-refractivity contribution in [2.24, 2.45) is 0 Å². The number of hydrogen-bond donors (Lipinski definition) is 1. The third-order valence-electron chi connectivity index (χ3n) is 3.27. The Kier molecular flexibility index (Phi) is 2.84. The fraction of sp³-hybridized carbons (Fsp3) is 0.0588. The molecule has 0 spiro atoms. The Morgan fingerprint density at radius 2 is 1.53 bits per heavy atom. The molecular formula is C17H15NO. The number of hydrogen-bond acceptors (Lipinski definition) is 2. The van der Waals surface area contributed by atoms with Crippen LogP contribution in [0.25, 0.3) is 21.9 Å². The van der Waals surface area contributed by atoms with E-state index >= 15 is 0 Å². The predicted octanol–water partition coefficient (Wildman–Crippen LogP) is 4.10. The molecule has 0 aliphatic rings. The second kappa shape index (κ2) is 4.65. The fourth-order valence-electron chi connectivity index (χ4n) is 2.25. The van der Waals surface area contributed by atoms with Crippen molar-refractivity contribution >= 4 is 16.5 Å². The third kappa shape index (κ3) is 2.25. The number of fused-ring (bicyclic) bond motifs is 1. The second-order valence-corrected chi connectivity index (χ2v) is 4.55. The average Bonchev–Trinajstić information content (AvgIpc) is 2.46. The highest BCUT2D eigenvalue weighted by Crippen LogP contribution is 2.27. The summed E-state index contributed by atoms with van der Waals surface area (Å²) in [4.78, 5) is 0. The van der Waals surface area contributed by atoms with Gasteiger partial charge in [0.15, 0.2) is 0 Å². The molecule has 0 heterocycles. The van der Waals surface area contributed by atoms with E-state index in [0.29, 0.717) is 0 Å². The molecule has 3 rings (SSSR count). The lowest BCUT2D eigenvalue weighted by atomic mass is 10.0. The number of anilines is 1. The highest BCUT2D eigenvalue weighted by Gasteiger charge is 2.01. The highest BCUT2D eigenvalue weighted by atomic mass is 16.5. The molecule has 0 saturated carbocycles. The van der Waals surface area contributed by atoms with Crippen LogP contribution in [0.15, 0.2) is 60.7 Å². The van der Waals surface area contributed by atoms with Crippen LogP contribution in [0.5, 0.6) is 5.75 Å². The largest absolute Gasteiger partial charge is 0.497 e. The number of nitrogens with two attached hydrogens (primary N) is 1. The van der Waals surface area contributed by atoms with E-state index < -0.39 is 0 Å². The van der Waals surface area contributed by atoms with Gasteiger partial charge in [-0.05, 0) is 52.2 Å². The average molecular weight is 249 g/mol. The predicted molar refractivity (Wildman–Crippen MR) is 80.3 cm³/mol. The molecule has 0 aromatic heterocycles. The van der Waals surface area contributed by atoms with Gasteiger partial charge in [-0.25, -0.2) is 0 Å². The van der Waals surface area contributed by atoms with Gasteiger partial charge in [0, 0.05) is 5.69 Å². The van der Waals surface area contributed by atoms with Gasteiger partial charge >= 0.3 is 0 Å². The van der Waals surface area contributed by atoms with Crippen molar-refractivity contribution in [1.82, 2.24) is 0 Å². The molecule has 2 N–H and O–H groups in total. The molecule has 3 aromatic carbocycles. The summed E-state index contributed by atoms with van der Waals surface area (Å²) in [5, 5.41) is 2.37. The van der Waals surface area contributed by atoms with E-state index in [1.54, 1.807) is 7.11 Å². The molecule has 0 fully saturated rings. The lowest BCUT2D eigenvalue weighted by Crippen LogP contribution is -1.86. The summed E-state index contributed by atoms with van der Waals surface area (Å²) >= 11 is 0. The number of rotatable bonds is 2. The topological polar surface area (TPSA) is 35.2 Å². The number of benzene rings is 3. The molecule has 94 valence electrons. The minimum Gasteiger partial charge on any atom is -0.497 e.